The van der Waals surface area contributed by atoms with E-state index in [1.54, 1.807) is 48.5 Å². The quantitative estimate of drug-likeness (QED) is 0.149. The number of nitrogens with two attached hydrogens (primary N) is 2. The summed E-state index contributed by atoms with van der Waals surface area (Å²) >= 11 is 6.99. The van der Waals surface area contributed by atoms with Crippen molar-refractivity contribution in [3.05, 3.63) is 99.4 Å². The van der Waals surface area contributed by atoms with Crippen molar-refractivity contribution in [1.82, 2.24) is 5.01 Å². The predicted octanol–water partition coefficient (Wildman–Crippen LogP) is 6.48. The summed E-state index contributed by atoms with van der Waals surface area (Å²) in [6.07, 6.45) is 0.586. The Kier molecular flexibility index (Phi) is 9.19. The Bertz CT molecular complexity index is 1780. The van der Waals surface area contributed by atoms with Crippen LogP contribution in [0, 0.1) is 0 Å². The molecule has 0 spiro atoms. The van der Waals surface area contributed by atoms with Crippen molar-refractivity contribution in [2.45, 2.75) is 39.0 Å². The van der Waals surface area contributed by atoms with Gasteiger partial charge in [0.15, 0.2) is 0 Å². The topological polar surface area (TPSA) is 127 Å². The Morgan fingerprint density at radius 1 is 0.659 bits per heavy atom. The van der Waals surface area contributed by atoms with Crippen LogP contribution in [0.25, 0.3) is 0 Å². The smallest absolute Gasteiger partial charge is 0.206 e. The van der Waals surface area contributed by atoms with E-state index in [2.05, 4.69) is 31.9 Å². The third-order valence-corrected chi connectivity index (χ3v) is 10.9. The number of hydrogen-bond donors (Lipinski definition) is 2. The van der Waals surface area contributed by atoms with Gasteiger partial charge >= 0.3 is 0 Å². The molecule has 4 aromatic carbocycles. The van der Waals surface area contributed by atoms with Crippen molar-refractivity contribution in [3.63, 3.8) is 0 Å². The summed E-state index contributed by atoms with van der Waals surface area (Å²) in [5, 5.41) is 3.79. The maximum atomic E-state index is 13.5. The van der Waals surface area contributed by atoms with Gasteiger partial charge in [-0.15, -0.1) is 0 Å². The lowest BCUT2D eigenvalue weighted by Gasteiger charge is -2.38. The Labute approximate surface area is 258 Å². The molecular formula is C29H30Br2N4O4S2. The van der Waals surface area contributed by atoms with Gasteiger partial charge in [-0.3, -0.25) is 5.01 Å². The zero-order valence-electron chi connectivity index (χ0n) is 22.6. The van der Waals surface area contributed by atoms with Gasteiger partial charge < -0.3 is 11.5 Å². The fourth-order valence-corrected chi connectivity index (χ4v) is 8.53. The summed E-state index contributed by atoms with van der Waals surface area (Å²) in [7, 11) is -3.99. The van der Waals surface area contributed by atoms with Crippen LogP contribution in [0.4, 0.5) is 17.1 Å². The Morgan fingerprint density at radius 2 is 1.10 bits per heavy atom. The summed E-state index contributed by atoms with van der Waals surface area (Å²) in [5.74, 6) is 0. The van der Waals surface area contributed by atoms with E-state index in [4.69, 9.17) is 11.5 Å². The fourth-order valence-electron chi connectivity index (χ4n) is 4.57. The largest absolute Gasteiger partial charge is 0.399 e. The van der Waals surface area contributed by atoms with Gasteiger partial charge in [0.2, 0.25) is 19.7 Å². The molecule has 12 heteroatoms. The molecule has 0 aliphatic carbocycles. The summed E-state index contributed by atoms with van der Waals surface area (Å²) in [6, 6.07) is 21.9. The molecule has 4 aromatic rings. The molecule has 41 heavy (non-hydrogen) atoms. The molecule has 0 radical (unpaired) electrons. The first kappa shape index (κ1) is 31.0. The predicted molar refractivity (Wildman–Crippen MR) is 170 cm³/mol. The molecule has 0 fully saturated rings. The highest BCUT2D eigenvalue weighted by molar-refractivity contribution is 9.10. The maximum Gasteiger partial charge on any atom is 0.206 e. The number of anilines is 3. The number of sulfone groups is 2. The Morgan fingerprint density at radius 3 is 1.54 bits per heavy atom. The molecule has 4 rings (SSSR count). The van der Waals surface area contributed by atoms with Gasteiger partial charge in [-0.2, -0.15) is 0 Å². The third-order valence-electron chi connectivity index (χ3n) is 6.51. The zero-order valence-corrected chi connectivity index (χ0v) is 27.4. The number of rotatable bonds is 9. The van der Waals surface area contributed by atoms with E-state index in [-0.39, 0.29) is 25.6 Å². The number of benzene rings is 4. The molecule has 0 saturated carbocycles. The molecule has 0 aliphatic rings. The van der Waals surface area contributed by atoms with E-state index in [0.717, 1.165) is 5.56 Å². The van der Waals surface area contributed by atoms with Crippen LogP contribution >= 0.6 is 31.9 Å². The van der Waals surface area contributed by atoms with Crippen molar-refractivity contribution in [2.24, 2.45) is 0 Å². The first-order valence-electron chi connectivity index (χ1n) is 12.5. The van der Waals surface area contributed by atoms with Crippen LogP contribution in [-0.4, -0.2) is 35.9 Å². The van der Waals surface area contributed by atoms with Crippen LogP contribution in [0.15, 0.2) is 113 Å². The molecule has 1 unspecified atom stereocenters. The lowest BCUT2D eigenvalue weighted by atomic mass is 10.0. The van der Waals surface area contributed by atoms with E-state index in [1.165, 1.54) is 24.3 Å². The molecule has 0 saturated heterocycles. The molecule has 0 bridgehead atoms. The van der Waals surface area contributed by atoms with Crippen LogP contribution in [0.2, 0.25) is 0 Å². The van der Waals surface area contributed by atoms with Crippen molar-refractivity contribution in [2.75, 3.05) is 30.6 Å². The van der Waals surface area contributed by atoms with Crippen LogP contribution in [0.3, 0.4) is 0 Å². The summed E-state index contributed by atoms with van der Waals surface area (Å²) in [5.41, 5.74) is 13.8. The lowest BCUT2D eigenvalue weighted by Crippen LogP contribution is -2.40. The average Bonchev–Trinajstić information content (AvgIpc) is 2.91. The molecule has 216 valence electrons. The SMILES string of the molecule is CCC(c1cc(Br)cc(S(=O)(=O)c2ccc(N)cc2)c1)N(c1cc(Br)cc(S(=O)(=O)c2ccc(N)cc2)c1)N(C)C. The molecule has 0 amide bonds. The van der Waals surface area contributed by atoms with Gasteiger partial charge in [-0.05, 0) is 96.9 Å². The highest BCUT2D eigenvalue weighted by Gasteiger charge is 2.27. The Balaban J connectivity index is 1.82. The minimum absolute atomic E-state index is 0.106. The number of nitrogen functional groups attached to an aromatic ring is 2. The number of nitrogens with zero attached hydrogens (tertiary/aromatic N) is 2. The first-order chi connectivity index (χ1) is 19.2. The minimum atomic E-state index is -3.85. The third kappa shape index (κ3) is 6.62. The second kappa shape index (κ2) is 12.1. The van der Waals surface area contributed by atoms with Crippen molar-refractivity contribution in [1.29, 1.82) is 0 Å². The summed E-state index contributed by atoms with van der Waals surface area (Å²) in [4.78, 5) is 0.500. The fraction of sp³-hybridized carbons (Fsp3) is 0.172. The summed E-state index contributed by atoms with van der Waals surface area (Å²) in [6.45, 7) is 1.99. The molecule has 0 aliphatic heterocycles. The van der Waals surface area contributed by atoms with Gasteiger partial charge in [0, 0.05) is 34.4 Å². The van der Waals surface area contributed by atoms with Crippen molar-refractivity contribution < 1.29 is 16.8 Å². The molecule has 1 atom stereocenters. The van der Waals surface area contributed by atoms with Gasteiger partial charge in [0.25, 0.3) is 0 Å². The summed E-state index contributed by atoms with van der Waals surface area (Å²) < 4.78 is 55.3. The van der Waals surface area contributed by atoms with E-state index < -0.39 is 19.7 Å². The molecule has 0 heterocycles. The standard InChI is InChI=1S/C29H30Br2N4O4S2/c1-4-29(19-13-20(30)16-27(14-19)40(36,37)25-9-5-22(32)6-10-25)35(34(2)3)24-15-21(31)17-28(18-24)41(38,39)26-11-7-23(33)8-12-26/h5-18,29H,4,32-33H2,1-3H3. The number of hydrazine groups is 1. The number of halogens is 2. The van der Waals surface area contributed by atoms with Crippen molar-refractivity contribution >= 4 is 68.6 Å². The highest BCUT2D eigenvalue weighted by atomic mass is 79.9. The lowest BCUT2D eigenvalue weighted by molar-refractivity contribution is 0.320. The minimum Gasteiger partial charge on any atom is -0.399 e. The van der Waals surface area contributed by atoms with Gasteiger partial charge in [-0.25, -0.2) is 21.8 Å². The van der Waals surface area contributed by atoms with E-state index in [9.17, 15) is 16.8 Å². The monoisotopic (exact) mass is 720 g/mol. The van der Waals surface area contributed by atoms with Gasteiger partial charge in [-0.1, -0.05) is 38.8 Å². The van der Waals surface area contributed by atoms with Gasteiger partial charge in [0.1, 0.15) is 0 Å². The molecule has 0 aromatic heterocycles. The normalized spacial score (nSPS) is 12.8. The maximum absolute atomic E-state index is 13.5. The number of hydrogen-bond acceptors (Lipinski definition) is 8. The average molecular weight is 723 g/mol. The first-order valence-corrected chi connectivity index (χ1v) is 17.1. The molecular weight excluding hydrogens is 692 g/mol. The molecule has 8 nitrogen and oxygen atoms in total. The van der Waals surface area contributed by atoms with Crippen molar-refractivity contribution in [3.8, 4) is 0 Å². The Hall–Kier alpha value is -2.90. The van der Waals surface area contributed by atoms with E-state index in [1.807, 2.05) is 43.2 Å². The molecule has 4 N–H and O–H groups in total. The van der Waals surface area contributed by atoms with E-state index in [0.29, 0.717) is 32.4 Å². The highest BCUT2D eigenvalue weighted by Crippen LogP contribution is 2.37. The van der Waals surface area contributed by atoms with Crippen LogP contribution < -0.4 is 16.5 Å². The van der Waals surface area contributed by atoms with Crippen LogP contribution in [-0.2, 0) is 19.7 Å². The van der Waals surface area contributed by atoms with Crippen LogP contribution in [0.5, 0.6) is 0 Å². The second-order valence-electron chi connectivity index (χ2n) is 9.63. The zero-order chi connectivity index (χ0) is 30.1. The second-order valence-corrected chi connectivity index (χ2v) is 15.4. The van der Waals surface area contributed by atoms with Gasteiger partial charge in [0.05, 0.1) is 31.3 Å². The van der Waals surface area contributed by atoms with E-state index >= 15 is 0 Å². The van der Waals surface area contributed by atoms with Crippen LogP contribution in [0.1, 0.15) is 24.9 Å².